The third-order valence-electron chi connectivity index (χ3n) is 7.95. The second-order valence-corrected chi connectivity index (χ2v) is 15.0. The van der Waals surface area contributed by atoms with Gasteiger partial charge in [-0.15, -0.1) is 34.9 Å². The van der Waals surface area contributed by atoms with Crippen molar-refractivity contribution >= 4 is 86.9 Å². The zero-order valence-corrected chi connectivity index (χ0v) is 30.7. The highest BCUT2D eigenvalue weighted by Gasteiger charge is 2.54. The fourth-order valence-electron chi connectivity index (χ4n) is 5.10. The minimum atomic E-state index is -1.83. The number of rotatable bonds is 12. The third-order valence-corrected chi connectivity index (χ3v) is 11.1. The van der Waals surface area contributed by atoms with Crippen molar-refractivity contribution in [2.24, 2.45) is 5.16 Å². The highest BCUT2D eigenvalue weighted by Crippen LogP contribution is 2.41. The van der Waals surface area contributed by atoms with Gasteiger partial charge in [-0.1, -0.05) is 5.16 Å². The second kappa shape index (κ2) is 15.2. The summed E-state index contributed by atoms with van der Waals surface area (Å²) in [4.78, 5) is 91.0. The lowest BCUT2D eigenvalue weighted by molar-refractivity contribution is -0.150. The molecule has 0 bridgehead atoms. The standard InChI is InChI=1S/C31H28N10O11S3/c1-31(2,29(51)38-37-23(44)12-3-4-16(42)17(43)7-12)52-39-19(15-11-55-30(32)35-15)24(45)36-20-25(46)40-21(28(49)50)13(10-54-26(20)40)9-53-18-5-6-33-22-14(27(47)48)8-34-41(18)22/h3-8,11,20,26,42-43H,9-10H2,1-2H3,(H2,32,35)(H,36,45)(H,37,44)(H,38,51)(H,47,48)(H,49,50)/t20?,26-/m0/s1. The Bertz CT molecular complexity index is 2340. The number of fused-ring (bicyclic) bond motifs is 2. The van der Waals surface area contributed by atoms with E-state index in [2.05, 4.69) is 36.4 Å². The monoisotopic (exact) mass is 812 g/mol. The molecule has 9 N–H and O–H groups in total. The Balaban J connectivity index is 1.14. The third kappa shape index (κ3) is 7.67. The number of thioether (sulfide) groups is 2. The number of aromatic hydroxyl groups is 2. The van der Waals surface area contributed by atoms with Crippen LogP contribution < -0.4 is 21.9 Å². The molecule has 55 heavy (non-hydrogen) atoms. The second-order valence-electron chi connectivity index (χ2n) is 12.0. The predicted octanol–water partition coefficient (Wildman–Crippen LogP) is 0.369. The first-order valence-corrected chi connectivity index (χ1v) is 18.5. The summed E-state index contributed by atoms with van der Waals surface area (Å²) in [7, 11) is 0. The smallest absolute Gasteiger partial charge is 0.352 e. The molecule has 2 aliphatic rings. The van der Waals surface area contributed by atoms with Crippen LogP contribution in [0.1, 0.15) is 40.3 Å². The molecular weight excluding hydrogens is 785 g/mol. The van der Waals surface area contributed by atoms with Gasteiger partial charge in [0.2, 0.25) is 5.60 Å². The quantitative estimate of drug-likeness (QED) is 0.0239. The van der Waals surface area contributed by atoms with Gasteiger partial charge in [0.15, 0.2) is 28.0 Å². The number of aromatic carboxylic acids is 1. The molecule has 1 unspecified atom stereocenters. The summed E-state index contributed by atoms with van der Waals surface area (Å²) >= 11 is 3.35. The van der Waals surface area contributed by atoms with Gasteiger partial charge in [0.05, 0.1) is 6.20 Å². The summed E-state index contributed by atoms with van der Waals surface area (Å²) in [5.41, 5.74) is 7.76. The molecular formula is C31H28N10O11S3. The van der Waals surface area contributed by atoms with E-state index in [1.54, 1.807) is 6.07 Å². The summed E-state index contributed by atoms with van der Waals surface area (Å²) in [5.74, 6) is -6.73. The van der Waals surface area contributed by atoms with E-state index in [1.807, 2.05) is 0 Å². The Labute approximate surface area is 320 Å². The number of nitrogens with zero attached hydrogens (tertiary/aromatic N) is 6. The number of phenols is 2. The van der Waals surface area contributed by atoms with E-state index in [-0.39, 0.29) is 44.8 Å². The Kier molecular flexibility index (Phi) is 10.6. The van der Waals surface area contributed by atoms with Crippen molar-refractivity contribution in [1.29, 1.82) is 0 Å². The molecule has 0 spiro atoms. The molecule has 4 amide bonds. The van der Waals surface area contributed by atoms with Gasteiger partial charge in [-0.25, -0.2) is 24.1 Å². The number of nitrogens with one attached hydrogen (secondary N) is 3. The molecule has 0 aliphatic carbocycles. The van der Waals surface area contributed by atoms with Gasteiger partial charge in [0.25, 0.3) is 23.6 Å². The number of β-lactam (4-membered cyclic amide) rings is 1. The molecule has 0 saturated carbocycles. The minimum Gasteiger partial charge on any atom is -0.504 e. The van der Waals surface area contributed by atoms with Gasteiger partial charge in [0, 0.05) is 28.6 Å². The molecule has 1 fully saturated rings. The van der Waals surface area contributed by atoms with Crippen LogP contribution in [0.15, 0.2) is 63.5 Å². The highest BCUT2D eigenvalue weighted by atomic mass is 32.2. The number of oxime groups is 1. The molecule has 5 heterocycles. The van der Waals surface area contributed by atoms with Gasteiger partial charge in [-0.3, -0.25) is 34.9 Å². The maximum absolute atomic E-state index is 13.6. The Morgan fingerprint density at radius 1 is 1.11 bits per heavy atom. The number of hydrogen-bond donors (Lipinski definition) is 8. The van der Waals surface area contributed by atoms with Gasteiger partial charge < -0.3 is 36.3 Å². The average Bonchev–Trinajstić information content (AvgIpc) is 3.79. The van der Waals surface area contributed by atoms with Gasteiger partial charge in [-0.2, -0.15) is 5.10 Å². The van der Waals surface area contributed by atoms with Crippen molar-refractivity contribution < 1.29 is 54.0 Å². The zero-order valence-electron chi connectivity index (χ0n) is 28.2. The summed E-state index contributed by atoms with van der Waals surface area (Å²) < 4.78 is 1.32. The van der Waals surface area contributed by atoms with Crippen LogP contribution in [0, 0.1) is 0 Å². The van der Waals surface area contributed by atoms with E-state index in [4.69, 9.17) is 10.6 Å². The van der Waals surface area contributed by atoms with Crippen molar-refractivity contribution in [3.8, 4) is 11.5 Å². The fraction of sp³-hybridized carbons (Fsp3) is 0.226. The first-order chi connectivity index (χ1) is 26.1. The minimum absolute atomic E-state index is 0.0557. The lowest BCUT2D eigenvalue weighted by Gasteiger charge is -2.49. The van der Waals surface area contributed by atoms with Gasteiger partial charge in [-0.05, 0) is 43.7 Å². The number of amides is 4. The Hall–Kier alpha value is -6.40. The van der Waals surface area contributed by atoms with Crippen molar-refractivity contribution in [3.63, 3.8) is 0 Å². The molecule has 6 rings (SSSR count). The van der Waals surface area contributed by atoms with Crippen LogP contribution in [-0.2, 0) is 24.0 Å². The SMILES string of the molecule is CC(C)(ON=C(C(=O)NC1C(=O)N2C(C(=O)O)=C(CSc3ccnc4c(C(=O)O)cnn34)CS[C@@H]12)c1csc(N)n1)C(=O)NNC(=O)c1ccc(O)c(O)c1. The van der Waals surface area contributed by atoms with Crippen molar-refractivity contribution in [1.82, 2.24) is 40.7 Å². The summed E-state index contributed by atoms with van der Waals surface area (Å²) in [6.07, 6.45) is 2.56. The van der Waals surface area contributed by atoms with Gasteiger partial charge >= 0.3 is 11.9 Å². The number of nitrogen functional groups attached to an aromatic ring is 1. The number of aromatic nitrogens is 4. The molecule has 21 nitrogen and oxygen atoms in total. The van der Waals surface area contributed by atoms with Crippen molar-refractivity contribution in [2.45, 2.75) is 35.9 Å². The topological polar surface area (TPSA) is 313 Å². The molecule has 24 heteroatoms. The number of carbonyl (C=O) groups is 6. The molecule has 4 aromatic rings. The number of carboxylic acids is 2. The van der Waals surface area contributed by atoms with E-state index in [1.165, 1.54) is 59.5 Å². The van der Waals surface area contributed by atoms with Crippen LogP contribution in [0.4, 0.5) is 5.13 Å². The highest BCUT2D eigenvalue weighted by molar-refractivity contribution is 8.01. The number of thiazole rings is 1. The largest absolute Gasteiger partial charge is 0.504 e. The van der Waals surface area contributed by atoms with Crippen LogP contribution in [0.2, 0.25) is 0 Å². The number of benzene rings is 1. The first kappa shape index (κ1) is 38.3. The van der Waals surface area contributed by atoms with Gasteiger partial charge in [0.1, 0.15) is 33.4 Å². The lowest BCUT2D eigenvalue weighted by atomic mass is 10.0. The number of carboxylic acid groups (broad SMARTS) is 2. The van der Waals surface area contributed by atoms with E-state index in [0.29, 0.717) is 10.6 Å². The first-order valence-electron chi connectivity index (χ1n) is 15.6. The normalized spacial score (nSPS) is 16.9. The fourth-order valence-corrected chi connectivity index (χ4v) is 8.09. The molecule has 2 aliphatic heterocycles. The summed E-state index contributed by atoms with van der Waals surface area (Å²) in [6, 6.07) is 3.66. The lowest BCUT2D eigenvalue weighted by Crippen LogP contribution is -2.71. The number of aliphatic carboxylic acids is 1. The number of hydrogen-bond acceptors (Lipinski definition) is 17. The predicted molar refractivity (Wildman–Crippen MR) is 194 cm³/mol. The van der Waals surface area contributed by atoms with Crippen molar-refractivity contribution in [3.05, 3.63) is 70.1 Å². The summed E-state index contributed by atoms with van der Waals surface area (Å²) in [5, 5.41) is 50.3. The van der Waals surface area contributed by atoms with Crippen LogP contribution in [0.25, 0.3) is 5.65 Å². The van der Waals surface area contributed by atoms with Crippen LogP contribution >= 0.6 is 34.9 Å². The molecule has 2 atom stereocenters. The maximum atomic E-state index is 13.6. The number of hydrazine groups is 1. The van der Waals surface area contributed by atoms with E-state index in [0.717, 1.165) is 34.6 Å². The Morgan fingerprint density at radius 3 is 2.55 bits per heavy atom. The molecule has 0 radical (unpaired) electrons. The maximum Gasteiger partial charge on any atom is 0.352 e. The van der Waals surface area contributed by atoms with Crippen molar-refractivity contribution in [2.75, 3.05) is 17.2 Å². The Morgan fingerprint density at radius 2 is 1.87 bits per heavy atom. The van der Waals surface area contributed by atoms with E-state index in [9.17, 15) is 49.2 Å². The molecule has 286 valence electrons. The number of anilines is 1. The van der Waals surface area contributed by atoms with Crippen LogP contribution in [-0.4, -0.2) is 115 Å². The van der Waals surface area contributed by atoms with E-state index < -0.39 is 69.8 Å². The summed E-state index contributed by atoms with van der Waals surface area (Å²) in [6.45, 7) is 2.55. The number of phenolic OH excluding ortho intramolecular Hbond substituents is 2. The number of nitrogens with two attached hydrogens (primary N) is 1. The number of carbonyl (C=O) groups excluding carboxylic acids is 4. The molecule has 1 aromatic carbocycles. The van der Waals surface area contributed by atoms with E-state index >= 15 is 0 Å². The molecule has 3 aromatic heterocycles. The molecule has 1 saturated heterocycles. The van der Waals surface area contributed by atoms with Crippen LogP contribution in [0.5, 0.6) is 11.5 Å². The van der Waals surface area contributed by atoms with Crippen LogP contribution in [0.3, 0.4) is 0 Å². The average molecular weight is 813 g/mol. The zero-order chi connectivity index (χ0) is 39.8.